The van der Waals surface area contributed by atoms with Crippen molar-refractivity contribution in [3.8, 4) is 0 Å². The van der Waals surface area contributed by atoms with Crippen molar-refractivity contribution < 1.29 is 19.4 Å². The number of ether oxygens (including phenoxy) is 2. The fourth-order valence-corrected chi connectivity index (χ4v) is 1.22. The average Bonchev–Trinajstić information content (AvgIpc) is 2.04. The minimum Gasteiger partial charge on any atom is -0.435 e. The average molecular weight is 189 g/mol. The highest BCUT2D eigenvalue weighted by molar-refractivity contribution is 5.60. The second kappa shape index (κ2) is 4.43. The molecule has 0 amide bonds. The Kier molecular flexibility index (Phi) is 3.50. The van der Waals surface area contributed by atoms with Gasteiger partial charge in [0, 0.05) is 25.9 Å². The summed E-state index contributed by atoms with van der Waals surface area (Å²) < 4.78 is 9.34. The lowest BCUT2D eigenvalue weighted by Crippen LogP contribution is -2.45. The van der Waals surface area contributed by atoms with Gasteiger partial charge in [-0.1, -0.05) is 0 Å². The Bertz CT molecular complexity index is 177. The molecular formula is C8H15NO4. The molecule has 0 unspecified atom stereocenters. The van der Waals surface area contributed by atoms with Gasteiger partial charge in [0.15, 0.2) is 0 Å². The van der Waals surface area contributed by atoms with E-state index in [1.54, 1.807) is 6.92 Å². The lowest BCUT2D eigenvalue weighted by molar-refractivity contribution is -0.190. The van der Waals surface area contributed by atoms with Crippen LogP contribution in [0.4, 0.5) is 4.79 Å². The topological polar surface area (TPSA) is 67.8 Å². The zero-order valence-corrected chi connectivity index (χ0v) is 7.71. The summed E-state index contributed by atoms with van der Waals surface area (Å²) in [6, 6.07) is 0. The Morgan fingerprint density at radius 2 is 2.15 bits per heavy atom. The van der Waals surface area contributed by atoms with Crippen molar-refractivity contribution in [3.05, 3.63) is 0 Å². The van der Waals surface area contributed by atoms with Crippen LogP contribution in [0.5, 0.6) is 0 Å². The molecule has 13 heavy (non-hydrogen) atoms. The third kappa shape index (κ3) is 3.20. The van der Waals surface area contributed by atoms with Gasteiger partial charge < -0.3 is 19.9 Å². The molecule has 0 bridgehead atoms. The second-order valence-electron chi connectivity index (χ2n) is 2.98. The molecule has 0 aliphatic carbocycles. The molecule has 5 heteroatoms. The van der Waals surface area contributed by atoms with Gasteiger partial charge in [0.05, 0.1) is 6.61 Å². The summed E-state index contributed by atoms with van der Waals surface area (Å²) in [6.07, 6.45) is 0.0179. The molecule has 0 aromatic rings. The van der Waals surface area contributed by atoms with Crippen LogP contribution in [-0.4, -0.2) is 36.7 Å². The molecule has 0 aromatic heterocycles. The maximum absolute atomic E-state index is 10.9. The third-order valence-electron chi connectivity index (χ3n) is 1.92. The number of rotatable bonds is 2. The first-order valence-electron chi connectivity index (χ1n) is 4.45. The van der Waals surface area contributed by atoms with Crippen molar-refractivity contribution in [3.63, 3.8) is 0 Å². The zero-order valence-electron chi connectivity index (χ0n) is 7.71. The zero-order chi connectivity index (χ0) is 9.73. The van der Waals surface area contributed by atoms with Crippen LogP contribution in [0, 0.1) is 0 Å². The van der Waals surface area contributed by atoms with Gasteiger partial charge in [-0.25, -0.2) is 4.79 Å². The maximum atomic E-state index is 10.9. The monoisotopic (exact) mass is 189 g/mol. The lowest BCUT2D eigenvalue weighted by atomic mass is 10.1. The Balaban J connectivity index is 2.36. The fraction of sp³-hybridized carbons (Fsp3) is 0.875. The van der Waals surface area contributed by atoms with Gasteiger partial charge >= 0.3 is 6.16 Å². The number of piperidine rings is 1. The molecule has 0 aromatic carbocycles. The summed E-state index contributed by atoms with van der Waals surface area (Å²) in [5, 5.41) is 12.8. The van der Waals surface area contributed by atoms with Crippen molar-refractivity contribution in [2.24, 2.45) is 0 Å². The van der Waals surface area contributed by atoms with Gasteiger partial charge in [-0.3, -0.25) is 0 Å². The van der Waals surface area contributed by atoms with Crippen LogP contribution >= 0.6 is 0 Å². The molecule has 2 N–H and O–H groups in total. The molecule has 1 aliphatic rings. The summed E-state index contributed by atoms with van der Waals surface area (Å²) in [6.45, 7) is 3.24. The van der Waals surface area contributed by atoms with Crippen LogP contribution in [0.2, 0.25) is 0 Å². The van der Waals surface area contributed by atoms with E-state index in [2.05, 4.69) is 10.1 Å². The van der Waals surface area contributed by atoms with E-state index in [9.17, 15) is 9.90 Å². The predicted octanol–water partition coefficient (Wildman–Crippen LogP) is 0.231. The van der Waals surface area contributed by atoms with Gasteiger partial charge in [-0.05, 0) is 6.92 Å². The fourth-order valence-electron chi connectivity index (χ4n) is 1.22. The highest BCUT2D eigenvalue weighted by Gasteiger charge is 2.33. The van der Waals surface area contributed by atoms with Crippen molar-refractivity contribution >= 4 is 6.16 Å². The van der Waals surface area contributed by atoms with E-state index < -0.39 is 11.9 Å². The van der Waals surface area contributed by atoms with Gasteiger partial charge in [0.1, 0.15) is 0 Å². The summed E-state index contributed by atoms with van der Waals surface area (Å²) in [5.41, 5.74) is 0. The molecule has 0 radical (unpaired) electrons. The standard InChI is InChI=1S/C8H15NO4/c1-2-12-7(10)13-8(11)3-5-9-6-4-8/h9,11H,2-6H2,1H3. The molecule has 1 saturated heterocycles. The van der Waals surface area contributed by atoms with Crippen molar-refractivity contribution in [2.75, 3.05) is 19.7 Å². The van der Waals surface area contributed by atoms with E-state index in [0.717, 1.165) is 0 Å². The number of aliphatic hydroxyl groups is 1. The summed E-state index contributed by atoms with van der Waals surface area (Å²) >= 11 is 0. The summed E-state index contributed by atoms with van der Waals surface area (Å²) in [5.74, 6) is -1.34. The molecule has 0 atom stereocenters. The molecular weight excluding hydrogens is 174 g/mol. The molecule has 76 valence electrons. The number of nitrogens with one attached hydrogen (secondary N) is 1. The van der Waals surface area contributed by atoms with E-state index in [1.807, 2.05) is 0 Å². The molecule has 1 rings (SSSR count). The maximum Gasteiger partial charge on any atom is 0.510 e. The number of carbonyl (C=O) groups is 1. The minimum absolute atomic E-state index is 0.257. The van der Waals surface area contributed by atoms with Gasteiger partial charge in [-0.15, -0.1) is 0 Å². The normalized spacial score (nSPS) is 20.8. The number of hydrogen-bond donors (Lipinski definition) is 2. The van der Waals surface area contributed by atoms with E-state index in [4.69, 9.17) is 4.74 Å². The smallest absolute Gasteiger partial charge is 0.435 e. The van der Waals surface area contributed by atoms with E-state index in [-0.39, 0.29) is 6.61 Å². The number of hydrogen-bond acceptors (Lipinski definition) is 5. The Morgan fingerprint density at radius 3 is 2.69 bits per heavy atom. The highest BCUT2D eigenvalue weighted by atomic mass is 16.8. The minimum atomic E-state index is -1.34. The molecule has 0 saturated carbocycles. The van der Waals surface area contributed by atoms with Crippen LogP contribution in [0.15, 0.2) is 0 Å². The van der Waals surface area contributed by atoms with Crippen molar-refractivity contribution in [1.29, 1.82) is 0 Å². The molecule has 0 spiro atoms. The van der Waals surface area contributed by atoms with Gasteiger partial charge in [0.2, 0.25) is 5.79 Å². The summed E-state index contributed by atoms with van der Waals surface area (Å²) in [4.78, 5) is 10.9. The molecule has 5 nitrogen and oxygen atoms in total. The predicted molar refractivity (Wildman–Crippen MR) is 45.2 cm³/mol. The first-order chi connectivity index (χ1) is 6.16. The number of carbonyl (C=O) groups excluding carboxylic acids is 1. The largest absolute Gasteiger partial charge is 0.510 e. The van der Waals surface area contributed by atoms with Crippen molar-refractivity contribution in [1.82, 2.24) is 5.32 Å². The first kappa shape index (κ1) is 10.3. The van der Waals surface area contributed by atoms with Gasteiger partial charge in [-0.2, -0.15) is 0 Å². The van der Waals surface area contributed by atoms with Crippen molar-refractivity contribution in [2.45, 2.75) is 25.6 Å². The first-order valence-corrected chi connectivity index (χ1v) is 4.45. The van der Waals surface area contributed by atoms with Gasteiger partial charge in [0.25, 0.3) is 0 Å². The Morgan fingerprint density at radius 1 is 1.54 bits per heavy atom. The summed E-state index contributed by atoms with van der Waals surface area (Å²) in [7, 11) is 0. The van der Waals surface area contributed by atoms with Crippen LogP contribution < -0.4 is 5.32 Å². The van der Waals surface area contributed by atoms with E-state index in [1.165, 1.54) is 0 Å². The third-order valence-corrected chi connectivity index (χ3v) is 1.92. The van der Waals surface area contributed by atoms with Crippen LogP contribution in [-0.2, 0) is 9.47 Å². The van der Waals surface area contributed by atoms with Crippen LogP contribution in [0.3, 0.4) is 0 Å². The quantitative estimate of drug-likeness (QED) is 0.481. The SMILES string of the molecule is CCOC(=O)OC1(O)CCNCC1. The Hall–Kier alpha value is -0.810. The van der Waals surface area contributed by atoms with E-state index >= 15 is 0 Å². The second-order valence-corrected chi connectivity index (χ2v) is 2.98. The highest BCUT2D eigenvalue weighted by Crippen LogP contribution is 2.19. The molecule has 1 fully saturated rings. The van der Waals surface area contributed by atoms with Crippen LogP contribution in [0.25, 0.3) is 0 Å². The van der Waals surface area contributed by atoms with Crippen LogP contribution in [0.1, 0.15) is 19.8 Å². The van der Waals surface area contributed by atoms with E-state index in [0.29, 0.717) is 25.9 Å². The molecule has 1 aliphatic heterocycles. The Labute approximate surface area is 77.0 Å². The lowest BCUT2D eigenvalue weighted by Gasteiger charge is -2.31. The molecule has 1 heterocycles.